The van der Waals surface area contributed by atoms with Gasteiger partial charge in [0.25, 0.3) is 0 Å². The van der Waals surface area contributed by atoms with E-state index in [0.29, 0.717) is 76.1 Å². The van der Waals surface area contributed by atoms with E-state index in [1.54, 1.807) is 24.3 Å². The van der Waals surface area contributed by atoms with Crippen molar-refractivity contribution < 1.29 is 28.5 Å². The van der Waals surface area contributed by atoms with Gasteiger partial charge in [-0.15, -0.1) is 11.8 Å². The molecule has 4 aromatic rings. The molecule has 0 amide bonds. The second-order valence-electron chi connectivity index (χ2n) is 14.0. The summed E-state index contributed by atoms with van der Waals surface area (Å²) in [6.07, 6.45) is 9.52. The molecule has 0 saturated carbocycles. The fourth-order valence-electron chi connectivity index (χ4n) is 5.94. The average Bonchev–Trinajstić information content (AvgIpc) is 3.29. The zero-order chi connectivity index (χ0) is 41.7. The smallest absolute Gasteiger partial charge is 0.338 e. The third-order valence-corrected chi connectivity index (χ3v) is 9.13. The molecule has 60 heavy (non-hydrogen) atoms. The molecule has 5 rings (SSSR count). The molecule has 304 valence electrons. The number of hydrogen-bond acceptors (Lipinski definition) is 6. The second-order valence-corrected chi connectivity index (χ2v) is 14.0. The van der Waals surface area contributed by atoms with Crippen molar-refractivity contribution in [1.29, 1.82) is 0 Å². The van der Waals surface area contributed by atoms with Crippen LogP contribution < -0.4 is 0 Å². The molecule has 0 bridgehead atoms. The van der Waals surface area contributed by atoms with E-state index in [9.17, 15) is 9.59 Å². The summed E-state index contributed by atoms with van der Waals surface area (Å²) >= 11 is 0. The maximum Gasteiger partial charge on any atom is 0.338 e. The number of benzene rings is 4. The van der Waals surface area contributed by atoms with Crippen LogP contribution in [0.5, 0.6) is 0 Å². The lowest BCUT2D eigenvalue weighted by molar-refractivity contribution is 0.0492. The third-order valence-electron chi connectivity index (χ3n) is 9.13. The summed E-state index contributed by atoms with van der Waals surface area (Å²) in [4.78, 5) is 24.7. The van der Waals surface area contributed by atoms with Crippen LogP contribution in [0.1, 0.15) is 83.2 Å². The Morgan fingerprint density at radius 3 is 1.18 bits per heavy atom. The summed E-state index contributed by atoms with van der Waals surface area (Å²) in [5.74, 6) is 25.9. The van der Waals surface area contributed by atoms with Crippen molar-refractivity contribution in [2.75, 3.05) is 26.4 Å². The number of hydrogen-bond donors (Lipinski definition) is 0. The zero-order valence-electron chi connectivity index (χ0n) is 34.2. The van der Waals surface area contributed by atoms with Crippen molar-refractivity contribution >= 4 is 11.9 Å². The van der Waals surface area contributed by atoms with Gasteiger partial charge in [-0.1, -0.05) is 145 Å². The van der Waals surface area contributed by atoms with Gasteiger partial charge in [-0.3, -0.25) is 0 Å². The number of unbranched alkanes of at least 4 members (excludes halogenated alkanes) is 4. The Balaban J connectivity index is 1.23. The van der Waals surface area contributed by atoms with E-state index in [-0.39, 0.29) is 37.0 Å². The van der Waals surface area contributed by atoms with E-state index in [2.05, 4.69) is 83.8 Å². The fourth-order valence-corrected chi connectivity index (χ4v) is 5.94. The molecule has 0 spiro atoms. The van der Waals surface area contributed by atoms with Crippen molar-refractivity contribution in [1.82, 2.24) is 0 Å². The highest BCUT2D eigenvalue weighted by Crippen LogP contribution is 2.27. The lowest BCUT2D eigenvalue weighted by Crippen LogP contribution is -2.13. The summed E-state index contributed by atoms with van der Waals surface area (Å²) in [7, 11) is 0. The maximum absolute atomic E-state index is 12.4. The van der Waals surface area contributed by atoms with Crippen LogP contribution in [0, 0.1) is 59.2 Å². The molecule has 6 nitrogen and oxygen atoms in total. The number of esters is 2. The molecule has 0 heterocycles. The highest BCUT2D eigenvalue weighted by atomic mass is 16.5. The van der Waals surface area contributed by atoms with Gasteiger partial charge >= 0.3 is 11.9 Å². The van der Waals surface area contributed by atoms with Crippen LogP contribution in [0.4, 0.5) is 0 Å². The van der Waals surface area contributed by atoms with Crippen molar-refractivity contribution in [3.63, 3.8) is 0 Å². The molecular weight excluding hydrogens is 745 g/mol. The summed E-state index contributed by atoms with van der Waals surface area (Å²) in [6.45, 7) is 2.96. The van der Waals surface area contributed by atoms with E-state index in [0.717, 1.165) is 35.1 Å². The first-order chi connectivity index (χ1) is 29.7. The van der Waals surface area contributed by atoms with E-state index >= 15 is 0 Å². The lowest BCUT2D eigenvalue weighted by Gasteiger charge is -2.19. The standard InChI is InChI=1S/C54H52O6/c55-53(47-29-13-3-14-30-47)59-39-23-7-19-35-51-41-49(33-17-5-21-37-57-43-45-25-9-1-10-26-45)50(34-18-6-22-38-58-44-46-27-11-2-12-28-46)42-52(51)36-20-8-24-40-60-54(56)48-31-15-4-16-32-48/h1-4,9-16,25-32,41-42,51-52H,5-8,21-24,37-40,43-44H2. The van der Waals surface area contributed by atoms with Crippen molar-refractivity contribution in [3.8, 4) is 47.4 Å². The molecule has 0 aromatic heterocycles. The first-order valence-electron chi connectivity index (χ1n) is 20.7. The highest BCUT2D eigenvalue weighted by molar-refractivity contribution is 5.89. The van der Waals surface area contributed by atoms with Crippen LogP contribution in [0.3, 0.4) is 0 Å². The van der Waals surface area contributed by atoms with Gasteiger partial charge < -0.3 is 18.9 Å². The van der Waals surface area contributed by atoms with E-state index < -0.39 is 0 Å². The summed E-state index contributed by atoms with van der Waals surface area (Å²) < 4.78 is 22.7. The molecular formula is C54H52O6. The van der Waals surface area contributed by atoms with Gasteiger partial charge in [-0.2, -0.15) is 0 Å². The topological polar surface area (TPSA) is 71.1 Å². The minimum Gasteiger partial charge on any atom is -0.462 e. The number of allylic oxidation sites excluding steroid dienone is 4. The van der Waals surface area contributed by atoms with Gasteiger partial charge in [0.2, 0.25) is 0 Å². The summed E-state index contributed by atoms with van der Waals surface area (Å²) in [5.41, 5.74) is 5.04. The quantitative estimate of drug-likeness (QED) is 0.0567. The molecule has 4 aromatic carbocycles. The Morgan fingerprint density at radius 2 is 0.783 bits per heavy atom. The van der Waals surface area contributed by atoms with Gasteiger partial charge in [0.15, 0.2) is 0 Å². The third kappa shape index (κ3) is 17.1. The molecule has 0 radical (unpaired) electrons. The van der Waals surface area contributed by atoms with Gasteiger partial charge in [0, 0.05) is 50.0 Å². The molecule has 6 heteroatoms. The Kier molecular flexibility index (Phi) is 20.2. The molecule has 2 unspecified atom stereocenters. The lowest BCUT2D eigenvalue weighted by atomic mass is 9.82. The number of carbonyl (C=O) groups excluding carboxylic acids is 2. The molecule has 0 saturated heterocycles. The Hall–Kier alpha value is -6.54. The minimum absolute atomic E-state index is 0.212. The van der Waals surface area contributed by atoms with Gasteiger partial charge in [0.05, 0.1) is 49.4 Å². The number of carbonyl (C=O) groups is 2. The van der Waals surface area contributed by atoms with E-state index in [1.165, 1.54) is 0 Å². The van der Waals surface area contributed by atoms with Gasteiger partial charge in [0.1, 0.15) is 0 Å². The second kappa shape index (κ2) is 27.2. The first-order valence-corrected chi connectivity index (χ1v) is 20.7. The monoisotopic (exact) mass is 796 g/mol. The van der Waals surface area contributed by atoms with Crippen LogP contribution in [-0.4, -0.2) is 38.4 Å². The molecule has 0 N–H and O–H groups in total. The number of rotatable bonds is 18. The maximum atomic E-state index is 12.4. The SMILES string of the molecule is O=C(OCCCC#CC1C=C(C#CCCCOCc2ccccc2)C(C#CCCCOCc2ccccc2)=CC1C#CCCCOC(=O)c1ccccc1)c1ccccc1. The van der Waals surface area contributed by atoms with Gasteiger partial charge in [-0.25, -0.2) is 9.59 Å². The van der Waals surface area contributed by atoms with Crippen LogP contribution in [0.2, 0.25) is 0 Å². The van der Waals surface area contributed by atoms with Gasteiger partial charge in [-0.05, 0) is 61.1 Å². The van der Waals surface area contributed by atoms with Crippen molar-refractivity contribution in [3.05, 3.63) is 167 Å². The predicted octanol–water partition coefficient (Wildman–Crippen LogP) is 10.4. The Labute approximate surface area is 356 Å². The van der Waals surface area contributed by atoms with Crippen molar-refractivity contribution in [2.45, 2.75) is 64.6 Å². The van der Waals surface area contributed by atoms with Crippen LogP contribution >= 0.6 is 0 Å². The largest absolute Gasteiger partial charge is 0.462 e. The summed E-state index contributed by atoms with van der Waals surface area (Å²) in [5, 5.41) is 0. The fraction of sp³-hybridized carbons (Fsp3) is 0.296. The molecule has 1 aliphatic rings. The zero-order valence-corrected chi connectivity index (χ0v) is 34.2. The van der Waals surface area contributed by atoms with Crippen LogP contribution in [-0.2, 0) is 32.2 Å². The minimum atomic E-state index is -0.339. The summed E-state index contributed by atoms with van der Waals surface area (Å²) in [6, 6.07) is 38.2. The van der Waals surface area contributed by atoms with Crippen molar-refractivity contribution in [2.24, 2.45) is 11.8 Å². The van der Waals surface area contributed by atoms with Crippen LogP contribution in [0.25, 0.3) is 0 Å². The average molecular weight is 797 g/mol. The molecule has 2 atom stereocenters. The Morgan fingerprint density at radius 1 is 0.433 bits per heavy atom. The number of ether oxygens (including phenoxy) is 4. The van der Waals surface area contributed by atoms with Crippen LogP contribution in [0.15, 0.2) is 145 Å². The van der Waals surface area contributed by atoms with E-state index in [1.807, 2.05) is 72.8 Å². The van der Waals surface area contributed by atoms with E-state index in [4.69, 9.17) is 18.9 Å². The normalized spacial score (nSPS) is 13.9. The molecule has 0 fully saturated rings. The Bertz CT molecular complexity index is 2070. The molecule has 1 aliphatic carbocycles. The predicted molar refractivity (Wildman–Crippen MR) is 237 cm³/mol. The molecule has 0 aliphatic heterocycles. The highest BCUT2D eigenvalue weighted by Gasteiger charge is 2.21. The first kappa shape index (κ1) is 44.6.